The fourth-order valence-corrected chi connectivity index (χ4v) is 1.88. The van der Waals surface area contributed by atoms with Gasteiger partial charge in [0, 0.05) is 6.54 Å². The third-order valence-corrected chi connectivity index (χ3v) is 3.01. The second-order valence-corrected chi connectivity index (χ2v) is 5.14. The summed E-state index contributed by atoms with van der Waals surface area (Å²) in [6.07, 6.45) is 3.62. The molecule has 1 aromatic heterocycles. The molecule has 1 heterocycles. The number of rotatable bonds is 7. The van der Waals surface area contributed by atoms with Gasteiger partial charge in [0.15, 0.2) is 0 Å². The van der Waals surface area contributed by atoms with Crippen molar-refractivity contribution in [3.05, 3.63) is 23.4 Å². The van der Waals surface area contributed by atoms with Gasteiger partial charge in [-0.15, -0.1) is 0 Å². The lowest BCUT2D eigenvalue weighted by molar-refractivity contribution is 0.0599. The molecule has 0 fully saturated rings. The minimum absolute atomic E-state index is 0.339. The number of hydrogen-bond acceptors (Lipinski definition) is 4. The number of pyridine rings is 1. The zero-order chi connectivity index (χ0) is 14.3. The molecule has 106 valence electrons. The third kappa shape index (κ3) is 5.28. The first-order valence-electron chi connectivity index (χ1n) is 6.84. The number of hydrogen-bond donors (Lipinski definition) is 1. The largest absolute Gasteiger partial charge is 0.465 e. The topological polar surface area (TPSA) is 51.2 Å². The van der Waals surface area contributed by atoms with Crippen molar-refractivity contribution >= 4 is 11.8 Å². The number of carbonyl (C=O) groups is 1. The van der Waals surface area contributed by atoms with Crippen molar-refractivity contribution in [1.82, 2.24) is 4.98 Å². The lowest BCUT2D eigenvalue weighted by atomic mass is 10.1. The van der Waals surface area contributed by atoms with Gasteiger partial charge in [-0.1, -0.05) is 26.7 Å². The minimum atomic E-state index is -0.339. The van der Waals surface area contributed by atoms with Gasteiger partial charge in [-0.05, 0) is 31.4 Å². The smallest absolute Gasteiger partial charge is 0.339 e. The van der Waals surface area contributed by atoms with Crippen molar-refractivity contribution < 1.29 is 9.53 Å². The molecule has 0 radical (unpaired) electrons. The highest BCUT2D eigenvalue weighted by atomic mass is 16.5. The van der Waals surface area contributed by atoms with E-state index in [1.807, 2.05) is 13.0 Å². The van der Waals surface area contributed by atoms with Gasteiger partial charge in [0.1, 0.15) is 5.82 Å². The van der Waals surface area contributed by atoms with E-state index in [0.29, 0.717) is 11.3 Å². The average molecular weight is 264 g/mol. The number of aryl methyl sites for hydroxylation is 1. The van der Waals surface area contributed by atoms with E-state index < -0.39 is 0 Å². The van der Waals surface area contributed by atoms with Gasteiger partial charge in [0.2, 0.25) is 0 Å². The van der Waals surface area contributed by atoms with Gasteiger partial charge in [-0.2, -0.15) is 0 Å². The van der Waals surface area contributed by atoms with Crippen LogP contribution < -0.4 is 5.32 Å². The Morgan fingerprint density at radius 3 is 2.68 bits per heavy atom. The molecular weight excluding hydrogens is 240 g/mol. The molecule has 0 aliphatic carbocycles. The first-order valence-corrected chi connectivity index (χ1v) is 6.84. The molecule has 1 aromatic rings. The molecule has 0 bridgehead atoms. The van der Waals surface area contributed by atoms with Crippen molar-refractivity contribution in [3.63, 3.8) is 0 Å². The maximum Gasteiger partial charge on any atom is 0.339 e. The highest BCUT2D eigenvalue weighted by molar-refractivity contribution is 5.90. The number of unbranched alkanes of at least 4 members (excludes halogenated alkanes) is 1. The van der Waals surface area contributed by atoms with Crippen molar-refractivity contribution in [2.45, 2.75) is 40.0 Å². The number of carbonyl (C=O) groups excluding carboxylic acids is 1. The number of methoxy groups -OCH3 is 1. The van der Waals surface area contributed by atoms with E-state index >= 15 is 0 Å². The van der Waals surface area contributed by atoms with Crippen LogP contribution in [0.5, 0.6) is 0 Å². The van der Waals surface area contributed by atoms with Crippen molar-refractivity contribution in [3.8, 4) is 0 Å². The number of ether oxygens (including phenoxy) is 1. The van der Waals surface area contributed by atoms with Crippen LogP contribution in [0.1, 0.15) is 49.2 Å². The molecule has 0 saturated carbocycles. The van der Waals surface area contributed by atoms with Crippen LogP contribution in [-0.4, -0.2) is 24.6 Å². The van der Waals surface area contributed by atoms with Crippen molar-refractivity contribution in [2.75, 3.05) is 19.0 Å². The Morgan fingerprint density at radius 2 is 2.11 bits per heavy atom. The standard InChI is InChI=1S/C15H24N2O2/c1-11(2)7-5-6-10-16-14-9-8-13(12(3)17-14)15(18)19-4/h8-9,11H,5-7,10H2,1-4H3,(H,16,17). The third-order valence-electron chi connectivity index (χ3n) is 3.01. The fraction of sp³-hybridized carbons (Fsp3) is 0.600. The Hall–Kier alpha value is -1.58. The molecule has 4 heteroatoms. The molecule has 0 aliphatic heterocycles. The number of aromatic nitrogens is 1. The van der Waals surface area contributed by atoms with Gasteiger partial charge in [-0.25, -0.2) is 9.78 Å². The zero-order valence-electron chi connectivity index (χ0n) is 12.3. The molecule has 0 aromatic carbocycles. The zero-order valence-corrected chi connectivity index (χ0v) is 12.3. The summed E-state index contributed by atoms with van der Waals surface area (Å²) in [6.45, 7) is 7.21. The second-order valence-electron chi connectivity index (χ2n) is 5.14. The molecule has 0 amide bonds. The Bertz CT molecular complexity index is 417. The van der Waals surface area contributed by atoms with Crippen molar-refractivity contribution in [1.29, 1.82) is 0 Å². The van der Waals surface area contributed by atoms with Gasteiger partial charge in [0.25, 0.3) is 0 Å². The Kier molecular flexibility index (Phi) is 6.33. The molecule has 0 saturated heterocycles. The molecule has 0 atom stereocenters. The lowest BCUT2D eigenvalue weighted by Crippen LogP contribution is -2.08. The van der Waals surface area contributed by atoms with E-state index in [1.165, 1.54) is 20.0 Å². The summed E-state index contributed by atoms with van der Waals surface area (Å²) >= 11 is 0. The molecule has 1 N–H and O–H groups in total. The maximum absolute atomic E-state index is 11.4. The second kappa shape index (κ2) is 7.77. The van der Waals surface area contributed by atoms with Gasteiger partial charge >= 0.3 is 5.97 Å². The first kappa shape index (κ1) is 15.5. The lowest BCUT2D eigenvalue weighted by Gasteiger charge is -2.09. The van der Waals surface area contributed by atoms with E-state index in [9.17, 15) is 4.79 Å². The molecule has 0 spiro atoms. The average Bonchev–Trinajstić information content (AvgIpc) is 2.37. The van der Waals surface area contributed by atoms with Crippen LogP contribution in [0.4, 0.5) is 5.82 Å². The predicted molar refractivity (Wildman–Crippen MR) is 77.5 cm³/mol. The number of nitrogens with one attached hydrogen (secondary N) is 1. The summed E-state index contributed by atoms with van der Waals surface area (Å²) in [6, 6.07) is 3.58. The summed E-state index contributed by atoms with van der Waals surface area (Å²) in [5.41, 5.74) is 1.21. The monoisotopic (exact) mass is 264 g/mol. The van der Waals surface area contributed by atoms with Gasteiger partial charge in [-0.3, -0.25) is 0 Å². The van der Waals surface area contributed by atoms with Crippen molar-refractivity contribution in [2.24, 2.45) is 5.92 Å². The molecule has 0 aliphatic rings. The van der Waals surface area contributed by atoms with E-state index in [-0.39, 0.29) is 5.97 Å². The van der Waals surface area contributed by atoms with E-state index in [1.54, 1.807) is 6.07 Å². The highest BCUT2D eigenvalue weighted by Gasteiger charge is 2.10. The summed E-state index contributed by atoms with van der Waals surface area (Å²) in [5.74, 6) is 1.24. The predicted octanol–water partition coefficient (Wildman–Crippen LogP) is 3.41. The minimum Gasteiger partial charge on any atom is -0.465 e. The van der Waals surface area contributed by atoms with Gasteiger partial charge < -0.3 is 10.1 Å². The van der Waals surface area contributed by atoms with Crippen LogP contribution in [0.25, 0.3) is 0 Å². The van der Waals surface area contributed by atoms with Crippen LogP contribution in [0.3, 0.4) is 0 Å². The maximum atomic E-state index is 11.4. The van der Waals surface area contributed by atoms with Gasteiger partial charge in [0.05, 0.1) is 18.4 Å². The molecule has 4 nitrogen and oxygen atoms in total. The summed E-state index contributed by atoms with van der Waals surface area (Å²) < 4.78 is 4.69. The summed E-state index contributed by atoms with van der Waals surface area (Å²) in [7, 11) is 1.38. The van der Waals surface area contributed by atoms with Crippen LogP contribution in [0.15, 0.2) is 12.1 Å². The molecular formula is C15H24N2O2. The molecule has 19 heavy (non-hydrogen) atoms. The van der Waals surface area contributed by atoms with Crippen LogP contribution in [0.2, 0.25) is 0 Å². The normalized spacial score (nSPS) is 10.6. The molecule has 0 unspecified atom stereocenters. The number of esters is 1. The Balaban J connectivity index is 2.43. The number of anilines is 1. The van der Waals surface area contributed by atoms with Crippen LogP contribution >= 0.6 is 0 Å². The SMILES string of the molecule is COC(=O)c1ccc(NCCCCC(C)C)nc1C. The summed E-state index contributed by atoms with van der Waals surface area (Å²) in [4.78, 5) is 15.8. The fourth-order valence-electron chi connectivity index (χ4n) is 1.88. The van der Waals surface area contributed by atoms with Crippen LogP contribution in [0, 0.1) is 12.8 Å². The van der Waals surface area contributed by atoms with E-state index in [0.717, 1.165) is 24.7 Å². The molecule has 1 rings (SSSR count). The summed E-state index contributed by atoms with van der Waals surface area (Å²) in [5, 5.41) is 3.28. The first-order chi connectivity index (χ1) is 9.04. The highest BCUT2D eigenvalue weighted by Crippen LogP contribution is 2.12. The Morgan fingerprint density at radius 1 is 1.37 bits per heavy atom. The quantitative estimate of drug-likeness (QED) is 0.605. The van der Waals surface area contributed by atoms with E-state index in [2.05, 4.69) is 24.1 Å². The number of nitrogens with zero attached hydrogens (tertiary/aromatic N) is 1. The van der Waals surface area contributed by atoms with Crippen LogP contribution in [-0.2, 0) is 4.74 Å². The van der Waals surface area contributed by atoms with E-state index in [4.69, 9.17) is 4.74 Å². The Labute approximate surface area is 115 Å².